The summed E-state index contributed by atoms with van der Waals surface area (Å²) >= 11 is 0. The number of para-hydroxylation sites is 1. The fourth-order valence-corrected chi connectivity index (χ4v) is 6.04. The zero-order valence-corrected chi connectivity index (χ0v) is 18.6. The van der Waals surface area contributed by atoms with Gasteiger partial charge in [-0.1, -0.05) is 55.5 Å². The molecule has 3 aromatic rings. The zero-order chi connectivity index (χ0) is 22.3. The van der Waals surface area contributed by atoms with Crippen LogP contribution in [0, 0.1) is 11.7 Å². The van der Waals surface area contributed by atoms with Gasteiger partial charge in [0, 0.05) is 17.2 Å². The predicted molar refractivity (Wildman–Crippen MR) is 126 cm³/mol. The van der Waals surface area contributed by atoms with E-state index < -0.39 is 10.0 Å². The number of allylic oxidation sites excluding steroid dienone is 2. The topological polar surface area (TPSA) is 58.2 Å². The van der Waals surface area contributed by atoms with E-state index in [9.17, 15) is 12.8 Å². The molecule has 0 fully saturated rings. The Balaban J connectivity index is 1.51. The van der Waals surface area contributed by atoms with Crippen molar-refractivity contribution in [3.63, 3.8) is 0 Å². The molecule has 2 N–H and O–H groups in total. The van der Waals surface area contributed by atoms with Gasteiger partial charge >= 0.3 is 0 Å². The van der Waals surface area contributed by atoms with Gasteiger partial charge in [-0.2, -0.15) is 0 Å². The predicted octanol–water partition coefficient (Wildman–Crippen LogP) is 6.02. The molecule has 32 heavy (non-hydrogen) atoms. The molecule has 5 rings (SSSR count). The first-order valence-electron chi connectivity index (χ1n) is 10.9. The standard InChI is InChI=1S/C26H25FN2O2S/c1-2-17-8-3-6-13-24(17)29-32(30,31)18-14-15-25-22(16-18)19-10-7-11-20(19)26(28-25)21-9-4-5-12-23(21)27/h3-10,12-16,19-20,26,28-29H,2,11H2,1H3/t19-,20+,26-/m0/s1. The van der Waals surface area contributed by atoms with Gasteiger partial charge in [-0.15, -0.1) is 0 Å². The lowest BCUT2D eigenvalue weighted by Crippen LogP contribution is -2.30. The molecule has 0 aromatic heterocycles. The highest BCUT2D eigenvalue weighted by atomic mass is 32.2. The van der Waals surface area contributed by atoms with E-state index in [1.165, 1.54) is 6.07 Å². The molecule has 164 valence electrons. The van der Waals surface area contributed by atoms with Crippen molar-refractivity contribution >= 4 is 21.4 Å². The Morgan fingerprint density at radius 3 is 2.62 bits per heavy atom. The minimum atomic E-state index is -3.74. The van der Waals surface area contributed by atoms with Gasteiger partial charge in [0.2, 0.25) is 0 Å². The Bertz CT molecular complexity index is 1300. The van der Waals surface area contributed by atoms with Gasteiger partial charge in [0.15, 0.2) is 0 Å². The highest BCUT2D eigenvalue weighted by molar-refractivity contribution is 7.92. The zero-order valence-electron chi connectivity index (χ0n) is 17.8. The van der Waals surface area contributed by atoms with E-state index in [0.29, 0.717) is 11.3 Å². The number of fused-ring (bicyclic) bond motifs is 3. The van der Waals surface area contributed by atoms with Crippen LogP contribution in [-0.4, -0.2) is 8.42 Å². The van der Waals surface area contributed by atoms with E-state index >= 15 is 0 Å². The SMILES string of the molecule is CCc1ccccc1NS(=O)(=O)c1ccc2c(c1)[C@H]1C=CC[C@H]1[C@@H](c1ccccc1F)N2. The number of aryl methyl sites for hydroxylation is 1. The normalized spacial score (nSPS) is 21.5. The molecular formula is C26H25FN2O2S. The molecule has 4 nitrogen and oxygen atoms in total. The first kappa shape index (κ1) is 20.8. The van der Waals surface area contributed by atoms with Crippen LogP contribution >= 0.6 is 0 Å². The second-order valence-electron chi connectivity index (χ2n) is 8.36. The maximum absolute atomic E-state index is 14.5. The summed E-state index contributed by atoms with van der Waals surface area (Å²) in [4.78, 5) is 0.229. The molecule has 0 spiro atoms. The molecule has 1 heterocycles. The number of hydrogen-bond acceptors (Lipinski definition) is 3. The molecule has 6 heteroatoms. The number of benzene rings is 3. The molecule has 0 saturated carbocycles. The van der Waals surface area contributed by atoms with Crippen molar-refractivity contribution in [3.8, 4) is 0 Å². The molecule has 3 aromatic carbocycles. The van der Waals surface area contributed by atoms with Crippen molar-refractivity contribution < 1.29 is 12.8 Å². The smallest absolute Gasteiger partial charge is 0.261 e. The molecule has 0 saturated heterocycles. The number of rotatable bonds is 5. The van der Waals surface area contributed by atoms with Gasteiger partial charge in [0.1, 0.15) is 5.82 Å². The van der Waals surface area contributed by atoms with Crippen molar-refractivity contribution in [2.24, 2.45) is 5.92 Å². The highest BCUT2D eigenvalue weighted by Crippen LogP contribution is 2.50. The second kappa shape index (κ2) is 8.10. The second-order valence-corrected chi connectivity index (χ2v) is 10.0. The van der Waals surface area contributed by atoms with Crippen LogP contribution in [0.5, 0.6) is 0 Å². The minimum absolute atomic E-state index is 0.0361. The molecule has 2 aliphatic rings. The van der Waals surface area contributed by atoms with Crippen molar-refractivity contribution in [2.75, 3.05) is 10.0 Å². The molecule has 0 unspecified atom stereocenters. The summed E-state index contributed by atoms with van der Waals surface area (Å²) in [6.45, 7) is 2.00. The third kappa shape index (κ3) is 3.58. The Morgan fingerprint density at radius 2 is 1.81 bits per heavy atom. The van der Waals surface area contributed by atoms with E-state index in [2.05, 4.69) is 22.2 Å². The van der Waals surface area contributed by atoms with Gasteiger partial charge in [-0.25, -0.2) is 12.8 Å². The average Bonchev–Trinajstić information content (AvgIpc) is 3.29. The van der Waals surface area contributed by atoms with Crippen molar-refractivity contribution in [1.29, 1.82) is 0 Å². The van der Waals surface area contributed by atoms with Gasteiger partial charge < -0.3 is 5.32 Å². The lowest BCUT2D eigenvalue weighted by Gasteiger charge is -2.37. The van der Waals surface area contributed by atoms with E-state index in [4.69, 9.17) is 0 Å². The molecular weight excluding hydrogens is 423 g/mol. The fourth-order valence-electron chi connectivity index (χ4n) is 4.91. The summed E-state index contributed by atoms with van der Waals surface area (Å²) in [5.74, 6) is -0.0582. The monoisotopic (exact) mass is 448 g/mol. The first-order chi connectivity index (χ1) is 15.5. The lowest BCUT2D eigenvalue weighted by molar-refractivity contribution is 0.413. The molecule has 3 atom stereocenters. The van der Waals surface area contributed by atoms with Crippen molar-refractivity contribution in [1.82, 2.24) is 0 Å². The Hall–Kier alpha value is -3.12. The summed E-state index contributed by atoms with van der Waals surface area (Å²) in [5, 5.41) is 3.48. The Kier molecular flexibility index (Phi) is 5.25. The number of halogens is 1. The van der Waals surface area contributed by atoms with Crippen molar-refractivity contribution in [3.05, 3.63) is 101 Å². The highest BCUT2D eigenvalue weighted by Gasteiger charge is 2.39. The van der Waals surface area contributed by atoms with Gasteiger partial charge in [-0.3, -0.25) is 4.72 Å². The van der Waals surface area contributed by atoms with Crippen LogP contribution in [-0.2, 0) is 16.4 Å². The molecule has 0 bridgehead atoms. The van der Waals surface area contributed by atoms with E-state index in [-0.39, 0.29) is 28.6 Å². The number of anilines is 2. The van der Waals surface area contributed by atoms with Crippen LogP contribution in [0.4, 0.5) is 15.8 Å². The number of sulfonamides is 1. The quantitative estimate of drug-likeness (QED) is 0.470. The van der Waals surface area contributed by atoms with Gasteiger partial charge in [0.25, 0.3) is 10.0 Å². The van der Waals surface area contributed by atoms with Gasteiger partial charge in [0.05, 0.1) is 16.6 Å². The Morgan fingerprint density at radius 1 is 1.03 bits per heavy atom. The molecule has 1 aliphatic carbocycles. The van der Waals surface area contributed by atoms with Crippen LogP contribution in [0.15, 0.2) is 83.8 Å². The summed E-state index contributed by atoms with van der Waals surface area (Å²) in [7, 11) is -3.74. The summed E-state index contributed by atoms with van der Waals surface area (Å²) in [6.07, 6.45) is 5.78. The average molecular weight is 449 g/mol. The molecule has 1 aliphatic heterocycles. The summed E-state index contributed by atoms with van der Waals surface area (Å²) in [5.41, 5.74) is 3.97. The summed E-state index contributed by atoms with van der Waals surface area (Å²) < 4.78 is 43.7. The molecule has 0 radical (unpaired) electrons. The third-order valence-corrected chi connectivity index (χ3v) is 7.89. The van der Waals surface area contributed by atoms with E-state index in [0.717, 1.165) is 29.7 Å². The lowest BCUT2D eigenvalue weighted by atomic mass is 9.77. The molecule has 0 amide bonds. The first-order valence-corrected chi connectivity index (χ1v) is 12.4. The number of nitrogens with one attached hydrogen (secondary N) is 2. The van der Waals surface area contributed by atoms with Crippen molar-refractivity contribution in [2.45, 2.75) is 36.6 Å². The maximum Gasteiger partial charge on any atom is 0.261 e. The number of hydrogen-bond donors (Lipinski definition) is 2. The van der Waals surface area contributed by atoms with Crippen LogP contribution < -0.4 is 10.0 Å². The van der Waals surface area contributed by atoms with Crippen LogP contribution in [0.1, 0.15) is 42.0 Å². The van der Waals surface area contributed by atoms with E-state index in [1.54, 1.807) is 30.3 Å². The Labute approximate surface area is 188 Å². The largest absolute Gasteiger partial charge is 0.378 e. The fraction of sp³-hybridized carbons (Fsp3) is 0.231. The third-order valence-electron chi connectivity index (χ3n) is 6.53. The van der Waals surface area contributed by atoms with Crippen LogP contribution in [0.25, 0.3) is 0 Å². The van der Waals surface area contributed by atoms with Crippen LogP contribution in [0.3, 0.4) is 0 Å². The summed E-state index contributed by atoms with van der Waals surface area (Å²) in [6, 6.07) is 19.3. The minimum Gasteiger partial charge on any atom is -0.378 e. The maximum atomic E-state index is 14.5. The van der Waals surface area contributed by atoms with Crippen LogP contribution in [0.2, 0.25) is 0 Å². The van der Waals surface area contributed by atoms with Gasteiger partial charge in [-0.05, 0) is 60.2 Å². The van der Waals surface area contributed by atoms with E-state index in [1.807, 2.05) is 37.3 Å².